The van der Waals surface area contributed by atoms with Crippen LogP contribution >= 0.6 is 0 Å². The van der Waals surface area contributed by atoms with Crippen molar-refractivity contribution in [3.8, 4) is 5.75 Å². The molecule has 1 aliphatic rings. The van der Waals surface area contributed by atoms with Crippen LogP contribution in [0.5, 0.6) is 5.75 Å². The molecule has 0 saturated heterocycles. The summed E-state index contributed by atoms with van der Waals surface area (Å²) < 4.78 is 39.5. The second kappa shape index (κ2) is 13.1. The van der Waals surface area contributed by atoms with Crippen molar-refractivity contribution < 1.29 is 27.9 Å². The first-order chi connectivity index (χ1) is 17.4. The van der Waals surface area contributed by atoms with Gasteiger partial charge in [0.25, 0.3) is 5.91 Å². The first-order valence-electron chi connectivity index (χ1n) is 12.5. The quantitative estimate of drug-likeness (QED) is 0.208. The highest BCUT2D eigenvalue weighted by Crippen LogP contribution is 2.41. The predicted molar refractivity (Wildman–Crippen MR) is 135 cm³/mol. The average Bonchev–Trinajstić information content (AvgIpc) is 2.92. The Morgan fingerprint density at radius 3 is 2.33 bits per heavy atom. The van der Waals surface area contributed by atoms with Crippen LogP contribution in [-0.2, 0) is 25.9 Å². The molecule has 0 bridgehead atoms. The monoisotopic (exact) mass is 519 g/mol. The van der Waals surface area contributed by atoms with Crippen LogP contribution in [-0.4, -0.2) is 49.2 Å². The van der Waals surface area contributed by atoms with Gasteiger partial charge < -0.3 is 9.47 Å². The van der Waals surface area contributed by atoms with E-state index < -0.39 is 26.5 Å². The molecule has 3 N–H and O–H groups in total. The summed E-state index contributed by atoms with van der Waals surface area (Å²) in [6.45, 7) is 2.91. The molecule has 36 heavy (non-hydrogen) atoms. The molecule has 1 amide bonds. The second-order valence-corrected chi connectivity index (χ2v) is 11.2. The van der Waals surface area contributed by atoms with Crippen molar-refractivity contribution in [3.63, 3.8) is 0 Å². The number of benzene rings is 1. The first-order valence-corrected chi connectivity index (χ1v) is 14.0. The third-order valence-electron chi connectivity index (χ3n) is 6.89. The van der Waals surface area contributed by atoms with Crippen LogP contribution in [0.4, 0.5) is 0 Å². The van der Waals surface area contributed by atoms with Gasteiger partial charge in [-0.15, -0.1) is 0 Å². The van der Waals surface area contributed by atoms with E-state index in [1.54, 1.807) is 42.1 Å². The smallest absolute Gasteiger partial charge is 0.280 e. The Balaban J connectivity index is 1.94. The van der Waals surface area contributed by atoms with Crippen molar-refractivity contribution in [1.29, 1.82) is 0 Å². The third kappa shape index (κ3) is 6.23. The molecule has 1 aromatic carbocycles. The number of carbonyl (C=O) groups is 1. The highest BCUT2D eigenvalue weighted by molar-refractivity contribution is 7.93. The Morgan fingerprint density at radius 1 is 1.08 bits per heavy atom. The topological polar surface area (TPSA) is 127 Å². The van der Waals surface area contributed by atoms with Gasteiger partial charge in [-0.2, -0.15) is 0 Å². The number of aromatic nitrogens is 1. The molecule has 1 aromatic heterocycles. The molecule has 1 fully saturated rings. The van der Waals surface area contributed by atoms with Gasteiger partial charge in [-0.05, 0) is 74.1 Å². The zero-order valence-corrected chi connectivity index (χ0v) is 21.8. The molecular weight excluding hydrogens is 482 g/mol. The minimum absolute atomic E-state index is 0.0249. The van der Waals surface area contributed by atoms with Crippen molar-refractivity contribution >= 4 is 15.7 Å². The van der Waals surface area contributed by atoms with Crippen molar-refractivity contribution in [1.82, 2.24) is 15.8 Å². The van der Waals surface area contributed by atoms with E-state index in [4.69, 9.17) is 9.47 Å². The largest absolute Gasteiger partial charge is 0.497 e. The zero-order chi connectivity index (χ0) is 26.0. The molecule has 1 saturated carbocycles. The number of carbonyl (C=O) groups excluding carboxylic acids is 1. The Morgan fingerprint density at radius 2 is 1.75 bits per heavy atom. The number of rotatable bonds is 13. The minimum atomic E-state index is -4.31. The fourth-order valence-electron chi connectivity index (χ4n) is 4.84. The number of hydroxylamine groups is 1. The first kappa shape index (κ1) is 28.0. The van der Waals surface area contributed by atoms with Crippen molar-refractivity contribution in [2.45, 2.75) is 74.3 Å². The molecule has 0 unspecified atom stereocenters. The molecule has 1 atom stereocenters. The fraction of sp³-hybridized carbons (Fsp3) is 0.538. The summed E-state index contributed by atoms with van der Waals surface area (Å²) in [6, 6.07) is 9.41. The van der Waals surface area contributed by atoms with Crippen LogP contribution in [0.1, 0.15) is 57.4 Å². The number of amides is 1. The summed E-state index contributed by atoms with van der Waals surface area (Å²) in [7, 11) is -2.81. The Hall–Kier alpha value is -2.53. The molecule has 0 spiro atoms. The summed E-state index contributed by atoms with van der Waals surface area (Å²) in [5.74, 6) is -1.09. The fourth-order valence-corrected chi connectivity index (χ4v) is 6.93. The van der Waals surface area contributed by atoms with Gasteiger partial charge >= 0.3 is 0 Å². The van der Waals surface area contributed by atoms with Crippen LogP contribution < -0.4 is 15.5 Å². The van der Waals surface area contributed by atoms with Gasteiger partial charge in [-0.3, -0.25) is 20.3 Å². The van der Waals surface area contributed by atoms with E-state index in [9.17, 15) is 18.4 Å². The number of unbranched alkanes of at least 4 members (excludes halogenated alkanes) is 2. The number of ether oxygens (including phenoxy) is 2. The average molecular weight is 520 g/mol. The number of nitrogens with one attached hydrogen (secondary N) is 2. The number of nitrogens with zero attached hydrogens (tertiary/aromatic N) is 1. The molecule has 1 heterocycles. The standard InChI is InChI=1S/C26H37N3O6S/c1-3-4-5-18-35-23-8-6-21(7-9-23)26(25(30)29-31,28-19-20-14-16-27-17-15-20)36(32,33)24-12-10-22(34-2)11-13-24/h10-17,21,23,28,31H,3-9,18-19H2,1-2H3,(H,29,30)/t21?,23?,26-/m1/s1. The second-order valence-electron chi connectivity index (χ2n) is 9.12. The van der Waals surface area contributed by atoms with Gasteiger partial charge in [0, 0.05) is 31.5 Å². The molecule has 0 aliphatic heterocycles. The lowest BCUT2D eigenvalue weighted by Gasteiger charge is -2.42. The molecule has 10 heteroatoms. The van der Waals surface area contributed by atoms with E-state index in [0.29, 0.717) is 38.0 Å². The Bertz CT molecular complexity index is 1060. The maximum Gasteiger partial charge on any atom is 0.280 e. The van der Waals surface area contributed by atoms with Gasteiger partial charge in [0.2, 0.25) is 14.7 Å². The summed E-state index contributed by atoms with van der Waals surface area (Å²) >= 11 is 0. The van der Waals surface area contributed by atoms with Crippen molar-refractivity contribution in [2.75, 3.05) is 13.7 Å². The number of pyridine rings is 1. The van der Waals surface area contributed by atoms with Crippen LogP contribution in [0.2, 0.25) is 0 Å². The van der Waals surface area contributed by atoms with Crippen LogP contribution in [0.15, 0.2) is 53.7 Å². The van der Waals surface area contributed by atoms with E-state index >= 15 is 0 Å². The number of hydrogen-bond donors (Lipinski definition) is 3. The summed E-state index contributed by atoms with van der Waals surface area (Å²) in [5, 5.41) is 12.8. The molecule has 9 nitrogen and oxygen atoms in total. The third-order valence-corrected chi connectivity index (χ3v) is 9.29. The lowest BCUT2D eigenvalue weighted by molar-refractivity contribution is -0.135. The van der Waals surface area contributed by atoms with Crippen molar-refractivity contribution in [3.05, 3.63) is 54.4 Å². The summed E-state index contributed by atoms with van der Waals surface area (Å²) in [6.07, 6.45) is 8.60. The van der Waals surface area contributed by atoms with E-state index in [-0.39, 0.29) is 17.5 Å². The maximum atomic E-state index is 14.2. The zero-order valence-electron chi connectivity index (χ0n) is 21.0. The van der Waals surface area contributed by atoms with Gasteiger partial charge in [-0.25, -0.2) is 13.9 Å². The Labute approximate surface area is 213 Å². The summed E-state index contributed by atoms with van der Waals surface area (Å²) in [5.41, 5.74) is 2.41. The van der Waals surface area contributed by atoms with Gasteiger partial charge in [0.05, 0.1) is 18.1 Å². The van der Waals surface area contributed by atoms with E-state index in [1.165, 1.54) is 19.2 Å². The van der Waals surface area contributed by atoms with Gasteiger partial charge in [0.15, 0.2) is 0 Å². The van der Waals surface area contributed by atoms with Crippen LogP contribution in [0.25, 0.3) is 0 Å². The maximum absolute atomic E-state index is 14.2. The van der Waals surface area contributed by atoms with E-state index in [1.807, 2.05) is 0 Å². The SMILES string of the molecule is CCCCCOC1CCC([C@](NCc2ccncc2)(C(=O)NO)S(=O)(=O)c2ccc(OC)cc2)CC1. The molecule has 1 aliphatic carbocycles. The lowest BCUT2D eigenvalue weighted by atomic mass is 9.81. The Kier molecular flexibility index (Phi) is 10.2. The molecule has 2 aromatic rings. The minimum Gasteiger partial charge on any atom is -0.497 e. The van der Waals surface area contributed by atoms with E-state index in [2.05, 4.69) is 17.2 Å². The molecular formula is C26H37N3O6S. The normalized spacial score (nSPS) is 19.9. The summed E-state index contributed by atoms with van der Waals surface area (Å²) in [4.78, 5) is 15.2. The predicted octanol–water partition coefficient (Wildman–Crippen LogP) is 3.62. The highest BCUT2D eigenvalue weighted by Gasteiger charge is 2.57. The van der Waals surface area contributed by atoms with Gasteiger partial charge in [0.1, 0.15) is 5.75 Å². The number of methoxy groups -OCH3 is 1. The molecule has 0 radical (unpaired) electrons. The lowest BCUT2D eigenvalue weighted by Crippen LogP contribution is -2.66. The van der Waals surface area contributed by atoms with E-state index in [0.717, 1.165) is 24.8 Å². The van der Waals surface area contributed by atoms with Gasteiger partial charge in [-0.1, -0.05) is 19.8 Å². The molecule has 3 rings (SSSR count). The van der Waals surface area contributed by atoms with Crippen molar-refractivity contribution in [2.24, 2.45) is 5.92 Å². The highest BCUT2D eigenvalue weighted by atomic mass is 32.2. The number of sulfone groups is 1. The molecule has 198 valence electrons. The van der Waals surface area contributed by atoms with Crippen LogP contribution in [0, 0.1) is 5.92 Å². The van der Waals surface area contributed by atoms with Crippen LogP contribution in [0.3, 0.4) is 0 Å². The number of hydrogen-bond acceptors (Lipinski definition) is 8.